The molecule has 3 rings (SSSR count). The third kappa shape index (κ3) is 2.80. The Morgan fingerprint density at radius 1 is 1.04 bits per heavy atom. The average molecular weight is 340 g/mol. The molecule has 0 heterocycles. The number of benzene rings is 1. The molecule has 2 aliphatic rings. The molecule has 0 aliphatic heterocycles. The van der Waals surface area contributed by atoms with Gasteiger partial charge in [0.1, 0.15) is 0 Å². The molecule has 0 amide bonds. The molecule has 0 spiro atoms. The van der Waals surface area contributed by atoms with Gasteiger partial charge in [0, 0.05) is 0 Å². The fourth-order valence-electron chi connectivity index (χ4n) is 3.79. The minimum atomic E-state index is -1.51. The van der Waals surface area contributed by atoms with Crippen LogP contribution in [-0.4, -0.2) is 25.2 Å². The minimum absolute atomic E-state index is 0.217. The topological polar surface area (TPSA) is 52.6 Å². The quantitative estimate of drug-likeness (QED) is 0.602. The maximum absolute atomic E-state index is 13.1. The van der Waals surface area contributed by atoms with Crippen molar-refractivity contribution < 1.29 is 19.1 Å². The van der Waals surface area contributed by atoms with Crippen LogP contribution in [0.1, 0.15) is 50.7 Å². The Hall–Kier alpha value is -2.36. The summed E-state index contributed by atoms with van der Waals surface area (Å²) in [6, 6.07) is 7.52. The van der Waals surface area contributed by atoms with Crippen molar-refractivity contribution in [3.63, 3.8) is 0 Å². The molecule has 0 saturated carbocycles. The summed E-state index contributed by atoms with van der Waals surface area (Å²) in [6.07, 6.45) is 8.12. The molecule has 1 aromatic rings. The van der Waals surface area contributed by atoms with Crippen molar-refractivity contribution in [1.29, 1.82) is 0 Å². The highest BCUT2D eigenvalue weighted by molar-refractivity contribution is 6.14. The monoisotopic (exact) mass is 340 g/mol. The Labute approximate surface area is 148 Å². The Balaban J connectivity index is 2.22. The molecule has 132 valence electrons. The van der Waals surface area contributed by atoms with Gasteiger partial charge in [0.25, 0.3) is 0 Å². The number of esters is 2. The molecule has 2 aliphatic carbocycles. The fourth-order valence-corrected chi connectivity index (χ4v) is 3.79. The maximum Gasteiger partial charge on any atom is 0.332 e. The number of hydrogen-bond acceptors (Lipinski definition) is 4. The molecule has 0 saturated heterocycles. The smallest absolute Gasteiger partial charge is 0.332 e. The number of fused-ring (bicyclic) bond motifs is 1. The zero-order valence-electron chi connectivity index (χ0n) is 14.8. The van der Waals surface area contributed by atoms with Gasteiger partial charge in [-0.05, 0) is 67.9 Å². The molecular weight excluding hydrogens is 316 g/mol. The van der Waals surface area contributed by atoms with E-state index in [-0.39, 0.29) is 13.2 Å². The van der Waals surface area contributed by atoms with E-state index >= 15 is 0 Å². The first-order valence-electron chi connectivity index (χ1n) is 9.01. The SMILES string of the molecule is CCOC(=O)C1(C(=O)OCC)C(C2=CCCCC2)=Cc2ccccc21. The first-order chi connectivity index (χ1) is 12.2. The van der Waals surface area contributed by atoms with Crippen LogP contribution in [0.3, 0.4) is 0 Å². The highest BCUT2D eigenvalue weighted by atomic mass is 16.6. The van der Waals surface area contributed by atoms with E-state index in [1.807, 2.05) is 30.3 Å². The molecule has 0 unspecified atom stereocenters. The van der Waals surface area contributed by atoms with Gasteiger partial charge in [-0.15, -0.1) is 0 Å². The first-order valence-corrected chi connectivity index (χ1v) is 9.01. The lowest BCUT2D eigenvalue weighted by Gasteiger charge is -2.31. The van der Waals surface area contributed by atoms with Crippen molar-refractivity contribution in [2.24, 2.45) is 0 Å². The van der Waals surface area contributed by atoms with Crippen LogP contribution in [0.2, 0.25) is 0 Å². The number of carbonyl (C=O) groups is 2. The summed E-state index contributed by atoms with van der Waals surface area (Å²) in [6.45, 7) is 3.94. The lowest BCUT2D eigenvalue weighted by atomic mass is 9.72. The van der Waals surface area contributed by atoms with Gasteiger partial charge in [0.2, 0.25) is 5.41 Å². The molecule has 0 bridgehead atoms. The normalized spacial score (nSPS) is 18.0. The van der Waals surface area contributed by atoms with Crippen molar-refractivity contribution >= 4 is 18.0 Å². The van der Waals surface area contributed by atoms with Crippen LogP contribution < -0.4 is 0 Å². The summed E-state index contributed by atoms with van der Waals surface area (Å²) in [5.41, 5.74) is 1.82. The zero-order valence-corrected chi connectivity index (χ0v) is 14.8. The highest BCUT2D eigenvalue weighted by Crippen LogP contribution is 2.48. The summed E-state index contributed by atoms with van der Waals surface area (Å²) < 4.78 is 10.7. The standard InChI is InChI=1S/C21H24O4/c1-3-24-19(22)21(20(23)25-4-2)17-13-9-8-12-16(17)14-18(21)15-10-6-5-7-11-15/h8-10,12-14H,3-7,11H2,1-2H3. The van der Waals surface area contributed by atoms with E-state index < -0.39 is 17.4 Å². The molecule has 4 heteroatoms. The summed E-state index contributed by atoms with van der Waals surface area (Å²) >= 11 is 0. The molecule has 0 radical (unpaired) electrons. The first kappa shape index (κ1) is 17.5. The van der Waals surface area contributed by atoms with E-state index in [4.69, 9.17) is 9.47 Å². The highest BCUT2D eigenvalue weighted by Gasteiger charge is 2.57. The van der Waals surface area contributed by atoms with Gasteiger partial charge in [-0.25, -0.2) is 0 Å². The fraction of sp³-hybridized carbons (Fsp3) is 0.429. The summed E-state index contributed by atoms with van der Waals surface area (Å²) in [5.74, 6) is -1.09. The van der Waals surface area contributed by atoms with E-state index in [0.717, 1.165) is 42.4 Å². The number of rotatable bonds is 5. The lowest BCUT2D eigenvalue weighted by Crippen LogP contribution is -2.47. The minimum Gasteiger partial charge on any atom is -0.465 e. The Kier molecular flexibility index (Phi) is 5.07. The van der Waals surface area contributed by atoms with Crippen LogP contribution in [0.25, 0.3) is 6.08 Å². The van der Waals surface area contributed by atoms with Gasteiger partial charge in [0.15, 0.2) is 0 Å². The predicted octanol–water partition coefficient (Wildman–Crippen LogP) is 3.95. The van der Waals surface area contributed by atoms with E-state index in [0.29, 0.717) is 5.56 Å². The molecule has 0 fully saturated rings. The second kappa shape index (κ2) is 7.26. The predicted molar refractivity (Wildman–Crippen MR) is 95.9 cm³/mol. The number of hydrogen-bond donors (Lipinski definition) is 0. The van der Waals surface area contributed by atoms with Crippen LogP contribution in [0.15, 0.2) is 41.5 Å². The van der Waals surface area contributed by atoms with Crippen molar-refractivity contribution in [2.75, 3.05) is 13.2 Å². The molecule has 0 aromatic heterocycles. The second-order valence-corrected chi connectivity index (χ2v) is 6.31. The number of ether oxygens (including phenoxy) is 2. The van der Waals surface area contributed by atoms with Crippen LogP contribution in [0.5, 0.6) is 0 Å². The molecular formula is C21H24O4. The van der Waals surface area contributed by atoms with Crippen LogP contribution in [0.4, 0.5) is 0 Å². The Morgan fingerprint density at radius 2 is 1.72 bits per heavy atom. The van der Waals surface area contributed by atoms with Crippen molar-refractivity contribution in [1.82, 2.24) is 0 Å². The largest absolute Gasteiger partial charge is 0.465 e. The van der Waals surface area contributed by atoms with Gasteiger partial charge in [-0.1, -0.05) is 30.3 Å². The Morgan fingerprint density at radius 3 is 2.32 bits per heavy atom. The Bertz CT molecular complexity index is 724. The lowest BCUT2D eigenvalue weighted by molar-refractivity contribution is -0.162. The van der Waals surface area contributed by atoms with Gasteiger partial charge in [-0.3, -0.25) is 9.59 Å². The van der Waals surface area contributed by atoms with Crippen molar-refractivity contribution in [2.45, 2.75) is 44.9 Å². The summed E-state index contributed by atoms with van der Waals surface area (Å²) in [4.78, 5) is 26.2. The third-order valence-corrected chi connectivity index (χ3v) is 4.87. The number of carbonyl (C=O) groups excluding carboxylic acids is 2. The molecule has 25 heavy (non-hydrogen) atoms. The molecule has 0 N–H and O–H groups in total. The average Bonchev–Trinajstić information content (AvgIpc) is 2.99. The van der Waals surface area contributed by atoms with E-state index in [2.05, 4.69) is 6.08 Å². The van der Waals surface area contributed by atoms with Crippen LogP contribution in [0, 0.1) is 0 Å². The van der Waals surface area contributed by atoms with Gasteiger partial charge >= 0.3 is 11.9 Å². The molecule has 1 aromatic carbocycles. The summed E-state index contributed by atoms with van der Waals surface area (Å²) in [5, 5.41) is 0. The van der Waals surface area contributed by atoms with E-state index in [9.17, 15) is 9.59 Å². The van der Waals surface area contributed by atoms with E-state index in [1.54, 1.807) is 13.8 Å². The summed E-state index contributed by atoms with van der Waals surface area (Å²) in [7, 11) is 0. The van der Waals surface area contributed by atoms with Crippen LogP contribution in [-0.2, 0) is 24.5 Å². The van der Waals surface area contributed by atoms with Gasteiger partial charge in [0.05, 0.1) is 13.2 Å². The van der Waals surface area contributed by atoms with Gasteiger partial charge in [-0.2, -0.15) is 0 Å². The van der Waals surface area contributed by atoms with Crippen molar-refractivity contribution in [3.05, 3.63) is 52.6 Å². The zero-order chi connectivity index (χ0) is 17.9. The van der Waals surface area contributed by atoms with E-state index in [1.165, 1.54) is 0 Å². The third-order valence-electron chi connectivity index (χ3n) is 4.87. The van der Waals surface area contributed by atoms with Gasteiger partial charge < -0.3 is 9.47 Å². The number of allylic oxidation sites excluding steroid dienone is 2. The van der Waals surface area contributed by atoms with Crippen LogP contribution >= 0.6 is 0 Å². The molecule has 4 nitrogen and oxygen atoms in total. The van der Waals surface area contributed by atoms with Crippen molar-refractivity contribution in [3.8, 4) is 0 Å². The molecule has 0 atom stereocenters. The maximum atomic E-state index is 13.1. The second-order valence-electron chi connectivity index (χ2n) is 6.31.